The van der Waals surface area contributed by atoms with Crippen LogP contribution in [0.2, 0.25) is 0 Å². The van der Waals surface area contributed by atoms with Crippen molar-refractivity contribution in [3.05, 3.63) is 60.2 Å². The van der Waals surface area contributed by atoms with E-state index >= 15 is 0 Å². The molecule has 3 rings (SSSR count). The van der Waals surface area contributed by atoms with E-state index in [1.165, 1.54) is 16.7 Å². The molecule has 0 aliphatic carbocycles. The second-order valence-corrected chi connectivity index (χ2v) is 5.88. The minimum absolute atomic E-state index is 0.323. The molecule has 0 bridgehead atoms. The van der Waals surface area contributed by atoms with Crippen LogP contribution in [0.15, 0.2) is 59.6 Å². The fourth-order valence-corrected chi connectivity index (χ4v) is 2.50. The average Bonchev–Trinajstić information content (AvgIpc) is 2.98. The molecule has 2 nitrogen and oxygen atoms in total. The quantitative estimate of drug-likeness (QED) is 0.815. The van der Waals surface area contributed by atoms with Gasteiger partial charge in [-0.1, -0.05) is 68.4 Å². The summed E-state index contributed by atoms with van der Waals surface area (Å²) in [5.74, 6) is 1.42. The minimum atomic E-state index is 0.323. The normalized spacial score (nSPS) is 17.7. The highest BCUT2D eigenvalue weighted by atomic mass is 16.5. The average molecular weight is 279 g/mol. The standard InChI is InChI=1S/C19H21NO/c1-14(2)18-13-21-19(20-18)12-15-8-10-17(11-9-15)16-6-4-3-5-7-16/h3-11,14,18H,12-13H2,1-2H3/t18-/m1/s1. The van der Waals surface area contributed by atoms with E-state index in [4.69, 9.17) is 4.74 Å². The molecule has 0 radical (unpaired) electrons. The summed E-state index contributed by atoms with van der Waals surface area (Å²) in [7, 11) is 0. The molecule has 1 heterocycles. The van der Waals surface area contributed by atoms with Gasteiger partial charge in [0.2, 0.25) is 0 Å². The molecule has 0 amide bonds. The zero-order chi connectivity index (χ0) is 14.7. The first-order chi connectivity index (χ1) is 10.2. The van der Waals surface area contributed by atoms with E-state index in [1.54, 1.807) is 0 Å². The highest BCUT2D eigenvalue weighted by Gasteiger charge is 2.21. The second kappa shape index (κ2) is 6.13. The van der Waals surface area contributed by atoms with E-state index in [-0.39, 0.29) is 0 Å². The van der Waals surface area contributed by atoms with E-state index in [9.17, 15) is 0 Å². The van der Waals surface area contributed by atoms with Crippen LogP contribution in [0.25, 0.3) is 11.1 Å². The summed E-state index contributed by atoms with van der Waals surface area (Å²) in [5.41, 5.74) is 3.74. The molecule has 0 N–H and O–H groups in total. The van der Waals surface area contributed by atoms with Gasteiger partial charge in [-0.15, -0.1) is 0 Å². The number of rotatable bonds is 4. The SMILES string of the molecule is CC(C)[C@H]1COC(Cc2ccc(-c3ccccc3)cc2)=N1. The van der Waals surface area contributed by atoms with Crippen molar-refractivity contribution >= 4 is 5.90 Å². The topological polar surface area (TPSA) is 21.6 Å². The summed E-state index contributed by atoms with van der Waals surface area (Å²) in [6, 6.07) is 19.4. The Kier molecular flexibility index (Phi) is 4.05. The fourth-order valence-electron chi connectivity index (χ4n) is 2.50. The molecule has 0 unspecified atom stereocenters. The van der Waals surface area contributed by atoms with E-state index in [2.05, 4.69) is 67.4 Å². The van der Waals surface area contributed by atoms with Gasteiger partial charge in [0.05, 0.1) is 6.04 Å². The van der Waals surface area contributed by atoms with Crippen molar-refractivity contribution in [2.24, 2.45) is 10.9 Å². The molecular formula is C19H21NO. The number of aliphatic imine (C=N–C) groups is 1. The van der Waals surface area contributed by atoms with Crippen LogP contribution in [0.4, 0.5) is 0 Å². The van der Waals surface area contributed by atoms with Crippen LogP contribution < -0.4 is 0 Å². The number of ether oxygens (including phenoxy) is 1. The first-order valence-electron chi connectivity index (χ1n) is 7.56. The lowest BCUT2D eigenvalue weighted by atomic mass is 10.0. The minimum Gasteiger partial charge on any atom is -0.478 e. The largest absolute Gasteiger partial charge is 0.478 e. The Balaban J connectivity index is 1.70. The monoisotopic (exact) mass is 279 g/mol. The van der Waals surface area contributed by atoms with Crippen LogP contribution in [0.1, 0.15) is 19.4 Å². The predicted octanol–water partition coefficient (Wildman–Crippen LogP) is 4.35. The maximum absolute atomic E-state index is 5.70. The number of nitrogens with zero attached hydrogens (tertiary/aromatic N) is 1. The summed E-state index contributed by atoms with van der Waals surface area (Å²) in [6.07, 6.45) is 0.790. The number of hydrogen-bond acceptors (Lipinski definition) is 2. The molecule has 1 aliphatic rings. The van der Waals surface area contributed by atoms with Crippen molar-refractivity contribution in [1.29, 1.82) is 0 Å². The zero-order valence-corrected chi connectivity index (χ0v) is 12.6. The van der Waals surface area contributed by atoms with Gasteiger partial charge in [-0.3, -0.25) is 0 Å². The maximum atomic E-state index is 5.70. The lowest BCUT2D eigenvalue weighted by Crippen LogP contribution is -2.13. The van der Waals surface area contributed by atoms with Crippen LogP contribution in [-0.2, 0) is 11.2 Å². The highest BCUT2D eigenvalue weighted by Crippen LogP contribution is 2.21. The molecule has 21 heavy (non-hydrogen) atoms. The van der Waals surface area contributed by atoms with Crippen molar-refractivity contribution < 1.29 is 4.74 Å². The van der Waals surface area contributed by atoms with Gasteiger partial charge in [0.15, 0.2) is 5.90 Å². The molecular weight excluding hydrogens is 258 g/mol. The molecule has 0 saturated carbocycles. The molecule has 0 spiro atoms. The zero-order valence-electron chi connectivity index (χ0n) is 12.6. The van der Waals surface area contributed by atoms with E-state index in [0.29, 0.717) is 12.0 Å². The molecule has 0 fully saturated rings. The van der Waals surface area contributed by atoms with Gasteiger partial charge in [-0.2, -0.15) is 0 Å². The van der Waals surface area contributed by atoms with Gasteiger partial charge in [-0.05, 0) is 22.6 Å². The lowest BCUT2D eigenvalue weighted by Gasteiger charge is -2.06. The van der Waals surface area contributed by atoms with Gasteiger partial charge in [0, 0.05) is 6.42 Å². The summed E-state index contributed by atoms with van der Waals surface area (Å²) in [4.78, 5) is 4.66. The van der Waals surface area contributed by atoms with Gasteiger partial charge in [-0.25, -0.2) is 4.99 Å². The molecule has 0 aromatic heterocycles. The van der Waals surface area contributed by atoms with Crippen molar-refractivity contribution in [3.8, 4) is 11.1 Å². The second-order valence-electron chi connectivity index (χ2n) is 5.88. The third kappa shape index (κ3) is 3.33. The van der Waals surface area contributed by atoms with Crippen LogP contribution in [0, 0.1) is 5.92 Å². The van der Waals surface area contributed by atoms with Gasteiger partial charge < -0.3 is 4.74 Å². The third-order valence-corrected chi connectivity index (χ3v) is 3.92. The van der Waals surface area contributed by atoms with Gasteiger partial charge in [0.1, 0.15) is 6.61 Å². The molecule has 2 aromatic rings. The van der Waals surface area contributed by atoms with Crippen molar-refractivity contribution in [2.75, 3.05) is 6.61 Å². The summed E-state index contributed by atoms with van der Waals surface area (Å²) in [6.45, 7) is 5.11. The van der Waals surface area contributed by atoms with Gasteiger partial charge in [0.25, 0.3) is 0 Å². The Labute approximate surface area is 126 Å². The highest BCUT2D eigenvalue weighted by molar-refractivity contribution is 5.80. The fraction of sp³-hybridized carbons (Fsp3) is 0.316. The van der Waals surface area contributed by atoms with Crippen LogP contribution in [-0.4, -0.2) is 18.5 Å². The molecule has 1 aliphatic heterocycles. The number of hydrogen-bond donors (Lipinski definition) is 0. The summed E-state index contributed by atoms with van der Waals surface area (Å²) < 4.78 is 5.70. The molecule has 2 heteroatoms. The Hall–Kier alpha value is -2.09. The number of benzene rings is 2. The van der Waals surface area contributed by atoms with E-state index in [1.807, 2.05) is 6.07 Å². The van der Waals surface area contributed by atoms with E-state index < -0.39 is 0 Å². The Morgan fingerprint density at radius 2 is 1.67 bits per heavy atom. The Morgan fingerprint density at radius 3 is 2.29 bits per heavy atom. The van der Waals surface area contributed by atoms with Crippen molar-refractivity contribution in [3.63, 3.8) is 0 Å². The summed E-state index contributed by atoms with van der Waals surface area (Å²) >= 11 is 0. The van der Waals surface area contributed by atoms with Crippen molar-refractivity contribution in [1.82, 2.24) is 0 Å². The third-order valence-electron chi connectivity index (χ3n) is 3.92. The Morgan fingerprint density at radius 1 is 1.00 bits per heavy atom. The summed E-state index contributed by atoms with van der Waals surface area (Å²) in [5, 5.41) is 0. The maximum Gasteiger partial charge on any atom is 0.188 e. The predicted molar refractivity (Wildman–Crippen MR) is 87.6 cm³/mol. The first-order valence-corrected chi connectivity index (χ1v) is 7.56. The van der Waals surface area contributed by atoms with E-state index in [0.717, 1.165) is 18.9 Å². The van der Waals surface area contributed by atoms with Crippen LogP contribution in [0.5, 0.6) is 0 Å². The molecule has 2 aromatic carbocycles. The van der Waals surface area contributed by atoms with Crippen LogP contribution in [0.3, 0.4) is 0 Å². The molecule has 1 atom stereocenters. The smallest absolute Gasteiger partial charge is 0.188 e. The Bertz CT molecular complexity index is 614. The lowest BCUT2D eigenvalue weighted by molar-refractivity contribution is 0.287. The molecule has 108 valence electrons. The van der Waals surface area contributed by atoms with Gasteiger partial charge >= 0.3 is 0 Å². The first kappa shape index (κ1) is 13.9. The van der Waals surface area contributed by atoms with Crippen molar-refractivity contribution in [2.45, 2.75) is 26.3 Å². The van der Waals surface area contributed by atoms with Crippen LogP contribution >= 0.6 is 0 Å². The molecule has 0 saturated heterocycles.